The summed E-state index contributed by atoms with van der Waals surface area (Å²) < 4.78 is 5.30. The van der Waals surface area contributed by atoms with Gasteiger partial charge in [-0.3, -0.25) is 15.0 Å². The molecule has 22 heavy (non-hydrogen) atoms. The Morgan fingerprint density at radius 3 is 2.91 bits per heavy atom. The highest BCUT2D eigenvalue weighted by molar-refractivity contribution is 6.07. The van der Waals surface area contributed by atoms with Crippen LogP contribution in [0.5, 0.6) is 5.75 Å². The van der Waals surface area contributed by atoms with E-state index in [0.717, 1.165) is 24.4 Å². The molecule has 3 rings (SSSR count). The van der Waals surface area contributed by atoms with Crippen molar-refractivity contribution in [3.8, 4) is 5.75 Å². The molecule has 0 aromatic heterocycles. The molecule has 6 heteroatoms. The highest BCUT2D eigenvalue weighted by Crippen LogP contribution is 2.24. The van der Waals surface area contributed by atoms with Gasteiger partial charge in [0.05, 0.1) is 7.11 Å². The molecule has 2 fully saturated rings. The number of amides is 3. The summed E-state index contributed by atoms with van der Waals surface area (Å²) in [7, 11) is 1.65. The van der Waals surface area contributed by atoms with E-state index >= 15 is 0 Å². The zero-order valence-corrected chi connectivity index (χ0v) is 12.5. The molecule has 0 aliphatic carbocycles. The lowest BCUT2D eigenvalue weighted by molar-refractivity contribution is -0.123. The van der Waals surface area contributed by atoms with Gasteiger partial charge >= 0.3 is 6.03 Å². The van der Waals surface area contributed by atoms with Gasteiger partial charge in [0, 0.05) is 25.2 Å². The molecule has 1 unspecified atom stereocenters. The highest BCUT2D eigenvalue weighted by Gasteiger charge is 2.50. The minimum Gasteiger partial charge on any atom is -0.496 e. The van der Waals surface area contributed by atoms with Gasteiger partial charge in [-0.2, -0.15) is 0 Å². The first-order chi connectivity index (χ1) is 10.6. The van der Waals surface area contributed by atoms with Crippen LogP contribution in [0.3, 0.4) is 0 Å². The van der Waals surface area contributed by atoms with E-state index in [1.54, 1.807) is 7.11 Å². The Balaban J connectivity index is 1.60. The van der Waals surface area contributed by atoms with Crippen molar-refractivity contribution in [2.75, 3.05) is 26.7 Å². The van der Waals surface area contributed by atoms with E-state index in [2.05, 4.69) is 15.5 Å². The number of nitrogens with one attached hydrogen (secondary N) is 2. The van der Waals surface area contributed by atoms with E-state index in [-0.39, 0.29) is 5.91 Å². The van der Waals surface area contributed by atoms with Gasteiger partial charge in [-0.05, 0) is 12.5 Å². The number of carbonyl (C=O) groups is 2. The number of rotatable bonds is 4. The van der Waals surface area contributed by atoms with Crippen molar-refractivity contribution < 1.29 is 14.3 Å². The number of carbonyl (C=O) groups excluding carboxylic acids is 2. The number of methoxy groups -OCH3 is 1. The monoisotopic (exact) mass is 301 g/mol. The maximum atomic E-state index is 11.9. The minimum atomic E-state index is -0.741. The first kappa shape index (κ1) is 14.6. The summed E-state index contributed by atoms with van der Waals surface area (Å²) in [6, 6.07) is 7.41. The average molecular weight is 301 g/mol. The maximum absolute atomic E-state index is 11.9. The summed E-state index contributed by atoms with van der Waals surface area (Å²) in [6.07, 6.45) is 4.70. The van der Waals surface area contributed by atoms with Gasteiger partial charge in [-0.1, -0.05) is 30.4 Å². The second-order valence-electron chi connectivity index (χ2n) is 5.62. The van der Waals surface area contributed by atoms with Crippen LogP contribution in [0.15, 0.2) is 30.3 Å². The molecule has 0 saturated carbocycles. The minimum absolute atomic E-state index is 0.214. The highest BCUT2D eigenvalue weighted by atomic mass is 16.5. The SMILES string of the molecule is COc1ccccc1/C=C/CN1CCC2(C1)NC(=O)NC2=O. The Labute approximate surface area is 129 Å². The molecule has 0 bridgehead atoms. The lowest BCUT2D eigenvalue weighted by Gasteiger charge is -2.20. The van der Waals surface area contributed by atoms with Crippen molar-refractivity contribution in [2.45, 2.75) is 12.0 Å². The second-order valence-corrected chi connectivity index (χ2v) is 5.62. The molecule has 116 valence electrons. The smallest absolute Gasteiger partial charge is 0.322 e. The molecule has 1 aromatic carbocycles. The second kappa shape index (κ2) is 5.81. The lowest BCUT2D eigenvalue weighted by atomic mass is 10.00. The van der Waals surface area contributed by atoms with Crippen molar-refractivity contribution in [1.29, 1.82) is 0 Å². The number of likely N-dealkylation sites (tertiary alicyclic amines) is 1. The average Bonchev–Trinajstić information content (AvgIpc) is 3.03. The Kier molecular flexibility index (Phi) is 3.85. The molecule has 0 radical (unpaired) electrons. The Morgan fingerprint density at radius 1 is 1.36 bits per heavy atom. The summed E-state index contributed by atoms with van der Waals surface area (Å²) >= 11 is 0. The zero-order valence-electron chi connectivity index (χ0n) is 12.5. The van der Waals surface area contributed by atoms with E-state index in [0.29, 0.717) is 13.0 Å². The molecule has 6 nitrogen and oxygen atoms in total. The number of nitrogens with zero attached hydrogens (tertiary/aromatic N) is 1. The fraction of sp³-hybridized carbons (Fsp3) is 0.375. The maximum Gasteiger partial charge on any atom is 0.322 e. The van der Waals surface area contributed by atoms with Crippen molar-refractivity contribution in [3.05, 3.63) is 35.9 Å². The summed E-state index contributed by atoms with van der Waals surface area (Å²) in [5.74, 6) is 0.618. The molecule has 1 aromatic rings. The van der Waals surface area contributed by atoms with Crippen molar-refractivity contribution in [1.82, 2.24) is 15.5 Å². The molecule has 2 aliphatic heterocycles. The third kappa shape index (κ3) is 2.69. The van der Waals surface area contributed by atoms with Gasteiger partial charge in [-0.25, -0.2) is 4.79 Å². The molecule has 2 heterocycles. The van der Waals surface area contributed by atoms with Gasteiger partial charge in [0.2, 0.25) is 0 Å². The van der Waals surface area contributed by atoms with Crippen LogP contribution < -0.4 is 15.4 Å². The van der Waals surface area contributed by atoms with Crippen LogP contribution in [0.2, 0.25) is 0 Å². The van der Waals surface area contributed by atoms with Gasteiger partial charge < -0.3 is 10.1 Å². The first-order valence-corrected chi connectivity index (χ1v) is 7.28. The van der Waals surface area contributed by atoms with Crippen LogP contribution in [0.25, 0.3) is 6.08 Å². The molecule has 2 aliphatic rings. The van der Waals surface area contributed by atoms with Crippen LogP contribution in [0.1, 0.15) is 12.0 Å². The normalized spacial score (nSPS) is 25.0. The van der Waals surface area contributed by atoms with E-state index in [9.17, 15) is 9.59 Å². The number of imide groups is 1. The fourth-order valence-electron chi connectivity index (χ4n) is 2.99. The predicted molar refractivity (Wildman–Crippen MR) is 82.5 cm³/mol. The van der Waals surface area contributed by atoms with Crippen molar-refractivity contribution in [2.24, 2.45) is 0 Å². The Hall–Kier alpha value is -2.34. The molecular formula is C16H19N3O3. The predicted octanol–water partition coefficient (Wildman–Crippen LogP) is 0.992. The third-order valence-corrected chi connectivity index (χ3v) is 4.16. The number of ether oxygens (including phenoxy) is 1. The quantitative estimate of drug-likeness (QED) is 0.814. The summed E-state index contributed by atoms with van der Waals surface area (Å²) in [4.78, 5) is 25.3. The lowest BCUT2D eigenvalue weighted by Crippen LogP contribution is -2.49. The number of hydrogen-bond acceptors (Lipinski definition) is 4. The van der Waals surface area contributed by atoms with Crippen LogP contribution in [0, 0.1) is 0 Å². The molecule has 3 amide bonds. The fourth-order valence-corrected chi connectivity index (χ4v) is 2.99. The summed E-state index contributed by atoms with van der Waals surface area (Å²) in [5, 5.41) is 5.07. The first-order valence-electron chi connectivity index (χ1n) is 7.28. The Bertz CT molecular complexity index is 629. The van der Waals surface area contributed by atoms with Gasteiger partial charge in [0.15, 0.2) is 0 Å². The van der Waals surface area contributed by atoms with Crippen molar-refractivity contribution >= 4 is 18.0 Å². The summed E-state index contributed by atoms with van der Waals surface area (Å²) in [6.45, 7) is 2.05. The van der Waals surface area contributed by atoms with Gasteiger partial charge in [0.25, 0.3) is 5.91 Å². The topological polar surface area (TPSA) is 70.7 Å². The Morgan fingerprint density at radius 2 is 2.18 bits per heavy atom. The number of benzene rings is 1. The third-order valence-electron chi connectivity index (χ3n) is 4.16. The largest absolute Gasteiger partial charge is 0.496 e. The van der Waals surface area contributed by atoms with Gasteiger partial charge in [0.1, 0.15) is 11.3 Å². The van der Waals surface area contributed by atoms with Crippen LogP contribution in [-0.4, -0.2) is 49.1 Å². The van der Waals surface area contributed by atoms with Gasteiger partial charge in [-0.15, -0.1) is 0 Å². The standard InChI is InChI=1S/C16H19N3O3/c1-22-13-7-3-2-5-12(13)6-4-9-19-10-8-16(11-19)14(20)17-15(21)18-16/h2-7H,8-11H2,1H3,(H2,17,18,20,21)/b6-4+. The van der Waals surface area contributed by atoms with Crippen LogP contribution >= 0.6 is 0 Å². The van der Waals surface area contributed by atoms with E-state index < -0.39 is 11.6 Å². The van der Waals surface area contributed by atoms with Crippen molar-refractivity contribution in [3.63, 3.8) is 0 Å². The molecular weight excluding hydrogens is 282 g/mol. The molecule has 1 spiro atoms. The summed E-state index contributed by atoms with van der Waals surface area (Å²) in [5.41, 5.74) is 0.279. The zero-order chi connectivity index (χ0) is 15.6. The van der Waals surface area contributed by atoms with E-state index in [1.807, 2.05) is 36.4 Å². The molecule has 2 N–H and O–H groups in total. The number of hydrogen-bond donors (Lipinski definition) is 2. The molecule has 2 saturated heterocycles. The number of urea groups is 1. The van der Waals surface area contributed by atoms with Crippen LogP contribution in [-0.2, 0) is 4.79 Å². The molecule has 1 atom stereocenters. The number of para-hydroxylation sites is 1. The van der Waals surface area contributed by atoms with E-state index in [4.69, 9.17) is 4.74 Å². The van der Waals surface area contributed by atoms with E-state index in [1.165, 1.54) is 0 Å². The van der Waals surface area contributed by atoms with Crippen LogP contribution in [0.4, 0.5) is 4.79 Å².